The Morgan fingerprint density at radius 3 is 2.56 bits per heavy atom. The number of aliphatic hydroxyl groups excluding tert-OH is 1. The van der Waals surface area contributed by atoms with Gasteiger partial charge in [0, 0.05) is 12.6 Å². The summed E-state index contributed by atoms with van der Waals surface area (Å²) in [5.41, 5.74) is 1.39. The quantitative estimate of drug-likeness (QED) is 0.767. The third-order valence-corrected chi connectivity index (χ3v) is 3.16. The molecule has 1 fully saturated rings. The van der Waals surface area contributed by atoms with Crippen LogP contribution in [0.4, 0.5) is 0 Å². The van der Waals surface area contributed by atoms with E-state index in [-0.39, 0.29) is 6.10 Å². The lowest BCUT2D eigenvalue weighted by Crippen LogP contribution is -2.37. The molecule has 1 aromatic rings. The molecule has 0 saturated heterocycles. The zero-order valence-corrected chi connectivity index (χ0v) is 9.89. The van der Waals surface area contributed by atoms with Crippen LogP contribution in [0.5, 0.6) is 0 Å². The van der Waals surface area contributed by atoms with Gasteiger partial charge in [0.25, 0.3) is 0 Å². The Kier molecular flexibility index (Phi) is 3.97. The smallest absolute Gasteiger partial charge is 0.0636 e. The average molecular weight is 219 g/mol. The molecule has 16 heavy (non-hydrogen) atoms. The molecular formula is C14H21NO. The molecule has 2 rings (SSSR count). The minimum Gasteiger partial charge on any atom is -0.392 e. The normalized spacial score (nSPS) is 19.4. The highest BCUT2D eigenvalue weighted by molar-refractivity contribution is 5.16. The minimum absolute atomic E-state index is 0.253. The van der Waals surface area contributed by atoms with E-state index in [9.17, 15) is 5.11 Å². The molecule has 0 amide bonds. The van der Waals surface area contributed by atoms with Crippen LogP contribution >= 0.6 is 0 Å². The van der Waals surface area contributed by atoms with E-state index in [1.54, 1.807) is 0 Å². The van der Waals surface area contributed by atoms with E-state index >= 15 is 0 Å². The first kappa shape index (κ1) is 11.6. The van der Waals surface area contributed by atoms with E-state index in [2.05, 4.69) is 35.6 Å². The predicted molar refractivity (Wildman–Crippen MR) is 66.3 cm³/mol. The Bertz CT molecular complexity index is 306. The van der Waals surface area contributed by atoms with Gasteiger partial charge in [-0.05, 0) is 37.7 Å². The third-order valence-electron chi connectivity index (χ3n) is 3.16. The lowest BCUT2D eigenvalue weighted by molar-refractivity contribution is 0.184. The molecule has 1 saturated carbocycles. The zero-order valence-electron chi connectivity index (χ0n) is 9.89. The van der Waals surface area contributed by atoms with Gasteiger partial charge in [0.1, 0.15) is 0 Å². The molecule has 0 bridgehead atoms. The van der Waals surface area contributed by atoms with Crippen LogP contribution in [0.3, 0.4) is 0 Å². The summed E-state index contributed by atoms with van der Waals surface area (Å²) in [6.07, 6.45) is 3.50. The van der Waals surface area contributed by atoms with Crippen LogP contribution in [0.15, 0.2) is 30.3 Å². The molecule has 1 unspecified atom stereocenters. The van der Waals surface area contributed by atoms with Crippen molar-refractivity contribution in [2.24, 2.45) is 5.92 Å². The second-order valence-corrected chi connectivity index (χ2v) is 4.89. The van der Waals surface area contributed by atoms with E-state index < -0.39 is 0 Å². The second-order valence-electron chi connectivity index (χ2n) is 4.89. The highest BCUT2D eigenvalue weighted by Crippen LogP contribution is 2.34. The maximum atomic E-state index is 9.31. The van der Waals surface area contributed by atoms with Crippen LogP contribution in [0, 0.1) is 5.92 Å². The molecule has 0 spiro atoms. The summed E-state index contributed by atoms with van der Waals surface area (Å²) in [4.78, 5) is 0. The van der Waals surface area contributed by atoms with Gasteiger partial charge >= 0.3 is 0 Å². The standard InChI is InChI=1S/C14H21NO/c1-11(16)10-15-14(13-7-8-13)9-12-5-3-2-4-6-12/h2-6,11,13-16H,7-10H2,1H3/t11-,14?/m1/s1. The van der Waals surface area contributed by atoms with Crippen LogP contribution in [0.2, 0.25) is 0 Å². The van der Waals surface area contributed by atoms with E-state index in [0.29, 0.717) is 12.6 Å². The van der Waals surface area contributed by atoms with Crippen molar-refractivity contribution >= 4 is 0 Å². The summed E-state index contributed by atoms with van der Waals surface area (Å²) in [5, 5.41) is 12.8. The van der Waals surface area contributed by atoms with Crippen molar-refractivity contribution in [3.05, 3.63) is 35.9 Å². The number of hydrogen-bond acceptors (Lipinski definition) is 2. The van der Waals surface area contributed by atoms with Gasteiger partial charge in [0.15, 0.2) is 0 Å². The van der Waals surface area contributed by atoms with Crippen molar-refractivity contribution in [3.8, 4) is 0 Å². The molecule has 88 valence electrons. The van der Waals surface area contributed by atoms with Gasteiger partial charge < -0.3 is 10.4 Å². The minimum atomic E-state index is -0.253. The highest BCUT2D eigenvalue weighted by Gasteiger charge is 2.30. The van der Waals surface area contributed by atoms with Crippen molar-refractivity contribution in [1.82, 2.24) is 5.32 Å². The molecule has 0 radical (unpaired) electrons. The van der Waals surface area contributed by atoms with Gasteiger partial charge in [0.05, 0.1) is 6.10 Å². The largest absolute Gasteiger partial charge is 0.392 e. The van der Waals surface area contributed by atoms with Crippen molar-refractivity contribution in [1.29, 1.82) is 0 Å². The third kappa shape index (κ3) is 3.62. The van der Waals surface area contributed by atoms with Crippen LogP contribution in [0.25, 0.3) is 0 Å². The first-order chi connectivity index (χ1) is 7.75. The molecule has 2 N–H and O–H groups in total. The van der Waals surface area contributed by atoms with Crippen LogP contribution in [-0.4, -0.2) is 23.8 Å². The summed E-state index contributed by atoms with van der Waals surface area (Å²) < 4.78 is 0. The highest BCUT2D eigenvalue weighted by atomic mass is 16.3. The Morgan fingerprint density at radius 2 is 2.00 bits per heavy atom. The molecule has 1 aliphatic rings. The van der Waals surface area contributed by atoms with Crippen molar-refractivity contribution in [3.63, 3.8) is 0 Å². The van der Waals surface area contributed by atoms with Gasteiger partial charge in [-0.3, -0.25) is 0 Å². The maximum Gasteiger partial charge on any atom is 0.0636 e. The molecule has 0 heterocycles. The predicted octanol–water partition coefficient (Wildman–Crippen LogP) is 1.98. The topological polar surface area (TPSA) is 32.3 Å². The number of hydrogen-bond donors (Lipinski definition) is 2. The maximum absolute atomic E-state index is 9.31. The van der Waals surface area contributed by atoms with Gasteiger partial charge in [-0.1, -0.05) is 30.3 Å². The zero-order chi connectivity index (χ0) is 11.4. The fourth-order valence-corrected chi connectivity index (χ4v) is 2.09. The van der Waals surface area contributed by atoms with E-state index in [4.69, 9.17) is 0 Å². The molecule has 2 nitrogen and oxygen atoms in total. The first-order valence-electron chi connectivity index (χ1n) is 6.21. The number of benzene rings is 1. The van der Waals surface area contributed by atoms with Gasteiger partial charge in [-0.15, -0.1) is 0 Å². The lowest BCUT2D eigenvalue weighted by Gasteiger charge is -2.19. The van der Waals surface area contributed by atoms with Gasteiger partial charge in [-0.25, -0.2) is 0 Å². The monoisotopic (exact) mass is 219 g/mol. The Morgan fingerprint density at radius 1 is 1.31 bits per heavy atom. The number of nitrogens with one attached hydrogen (secondary N) is 1. The van der Waals surface area contributed by atoms with Crippen molar-refractivity contribution < 1.29 is 5.11 Å². The molecule has 0 aliphatic heterocycles. The molecule has 2 atom stereocenters. The van der Waals surface area contributed by atoms with Gasteiger partial charge in [0.2, 0.25) is 0 Å². The van der Waals surface area contributed by atoms with Crippen molar-refractivity contribution in [2.45, 2.75) is 38.3 Å². The van der Waals surface area contributed by atoms with Crippen molar-refractivity contribution in [2.75, 3.05) is 6.54 Å². The number of rotatable bonds is 6. The van der Waals surface area contributed by atoms with Gasteiger partial charge in [-0.2, -0.15) is 0 Å². The first-order valence-corrected chi connectivity index (χ1v) is 6.21. The SMILES string of the molecule is C[C@@H](O)CNC(Cc1ccccc1)C1CC1. The van der Waals surface area contributed by atoms with E-state index in [1.807, 2.05) is 6.92 Å². The van der Waals surface area contributed by atoms with Crippen LogP contribution < -0.4 is 5.32 Å². The summed E-state index contributed by atoms with van der Waals surface area (Å²) in [7, 11) is 0. The Labute approximate surface area is 97.7 Å². The summed E-state index contributed by atoms with van der Waals surface area (Å²) in [5.74, 6) is 0.818. The van der Waals surface area contributed by atoms with E-state index in [0.717, 1.165) is 12.3 Å². The second kappa shape index (κ2) is 5.46. The Hall–Kier alpha value is -0.860. The molecule has 0 aromatic heterocycles. The summed E-state index contributed by atoms with van der Waals surface area (Å²) in [6, 6.07) is 11.1. The molecule has 1 aromatic carbocycles. The summed E-state index contributed by atoms with van der Waals surface area (Å²) in [6.45, 7) is 2.54. The Balaban J connectivity index is 1.87. The van der Waals surface area contributed by atoms with E-state index in [1.165, 1.54) is 18.4 Å². The average Bonchev–Trinajstić information content (AvgIpc) is 3.09. The number of aliphatic hydroxyl groups is 1. The molecule has 1 aliphatic carbocycles. The van der Waals surface area contributed by atoms with Crippen LogP contribution in [-0.2, 0) is 6.42 Å². The fraction of sp³-hybridized carbons (Fsp3) is 0.571. The molecular weight excluding hydrogens is 198 g/mol. The fourth-order valence-electron chi connectivity index (χ4n) is 2.09. The lowest BCUT2D eigenvalue weighted by atomic mass is 10.0. The molecule has 2 heteroatoms. The summed E-state index contributed by atoms with van der Waals surface area (Å²) >= 11 is 0. The van der Waals surface area contributed by atoms with Crippen LogP contribution in [0.1, 0.15) is 25.3 Å².